The summed E-state index contributed by atoms with van der Waals surface area (Å²) in [4.78, 5) is 29.3. The van der Waals surface area contributed by atoms with E-state index in [0.717, 1.165) is 0 Å². The fourth-order valence-electron chi connectivity index (χ4n) is 2.50. The molecule has 1 aromatic heterocycles. The van der Waals surface area contributed by atoms with Gasteiger partial charge in [0.2, 0.25) is 0 Å². The summed E-state index contributed by atoms with van der Waals surface area (Å²) in [6.07, 6.45) is 1.24. The minimum Gasteiger partial charge on any atom is -0.485 e. The Morgan fingerprint density at radius 2 is 2.23 bits per heavy atom. The number of rotatable bonds is 1. The average molecular weight is 319 g/mol. The Morgan fingerprint density at radius 3 is 2.95 bits per heavy atom. The highest BCUT2D eigenvalue weighted by Gasteiger charge is 2.30. The van der Waals surface area contributed by atoms with E-state index >= 15 is 0 Å². The third kappa shape index (κ3) is 2.48. The SMILES string of the molecule is Cc1cc(=O)c(C(=O)N2C[C@@H](C)Oc3c(Cl)cccc32)c[nH]1. The number of ether oxygens (including phenoxy) is 1. The standard InChI is InChI=1S/C16H15ClN2O3/c1-9-6-14(20)11(7-18-9)16(21)19-8-10(2)22-15-12(17)4-3-5-13(15)19/h3-7,10H,8H2,1-2H3,(H,18,20)/t10-/m1/s1. The number of hydrogen-bond donors (Lipinski definition) is 1. The smallest absolute Gasteiger partial charge is 0.263 e. The fourth-order valence-corrected chi connectivity index (χ4v) is 2.71. The Hall–Kier alpha value is -2.27. The Bertz CT molecular complexity index is 800. The summed E-state index contributed by atoms with van der Waals surface area (Å²) >= 11 is 6.14. The van der Waals surface area contributed by atoms with Crippen molar-refractivity contribution in [2.75, 3.05) is 11.4 Å². The molecule has 0 unspecified atom stereocenters. The van der Waals surface area contributed by atoms with E-state index in [-0.39, 0.29) is 23.0 Å². The molecule has 2 heterocycles. The molecule has 1 amide bonds. The zero-order valence-electron chi connectivity index (χ0n) is 12.2. The molecule has 0 saturated heterocycles. The van der Waals surface area contributed by atoms with Crippen molar-refractivity contribution in [3.8, 4) is 5.75 Å². The molecule has 22 heavy (non-hydrogen) atoms. The van der Waals surface area contributed by atoms with E-state index < -0.39 is 0 Å². The van der Waals surface area contributed by atoms with E-state index in [1.165, 1.54) is 17.2 Å². The number of pyridine rings is 1. The second-order valence-electron chi connectivity index (χ2n) is 5.33. The fraction of sp³-hybridized carbons (Fsp3) is 0.250. The van der Waals surface area contributed by atoms with Gasteiger partial charge in [-0.3, -0.25) is 9.59 Å². The number of fused-ring (bicyclic) bond motifs is 1. The third-order valence-corrected chi connectivity index (χ3v) is 3.83. The van der Waals surface area contributed by atoms with Crippen LogP contribution in [0.1, 0.15) is 23.0 Å². The van der Waals surface area contributed by atoms with Crippen molar-refractivity contribution in [1.82, 2.24) is 4.98 Å². The van der Waals surface area contributed by atoms with Crippen LogP contribution in [0.3, 0.4) is 0 Å². The Balaban J connectivity index is 2.07. The summed E-state index contributed by atoms with van der Waals surface area (Å²) in [5.74, 6) is 0.111. The predicted octanol–water partition coefficient (Wildman–Crippen LogP) is 2.76. The number of aryl methyl sites for hydroxylation is 1. The predicted molar refractivity (Wildman–Crippen MR) is 85.0 cm³/mol. The number of nitrogens with one attached hydrogen (secondary N) is 1. The van der Waals surface area contributed by atoms with Gasteiger partial charge in [-0.1, -0.05) is 17.7 Å². The normalized spacial score (nSPS) is 16.9. The van der Waals surface area contributed by atoms with Crippen LogP contribution < -0.4 is 15.1 Å². The number of amides is 1. The van der Waals surface area contributed by atoms with E-state index in [1.807, 2.05) is 6.92 Å². The highest BCUT2D eigenvalue weighted by molar-refractivity contribution is 6.32. The van der Waals surface area contributed by atoms with Gasteiger partial charge in [-0.15, -0.1) is 0 Å². The summed E-state index contributed by atoms with van der Waals surface area (Å²) in [6, 6.07) is 6.63. The lowest BCUT2D eigenvalue weighted by Crippen LogP contribution is -2.43. The van der Waals surface area contributed by atoms with Crippen molar-refractivity contribution >= 4 is 23.2 Å². The molecular weight excluding hydrogens is 304 g/mol. The number of anilines is 1. The van der Waals surface area contributed by atoms with Gasteiger partial charge < -0.3 is 14.6 Å². The van der Waals surface area contributed by atoms with E-state index in [4.69, 9.17) is 16.3 Å². The van der Waals surface area contributed by atoms with Crippen molar-refractivity contribution in [3.05, 3.63) is 57.0 Å². The van der Waals surface area contributed by atoms with Gasteiger partial charge in [0, 0.05) is 18.0 Å². The van der Waals surface area contributed by atoms with Gasteiger partial charge >= 0.3 is 0 Å². The number of aromatic amines is 1. The molecule has 2 aromatic rings. The molecule has 1 N–H and O–H groups in total. The third-order valence-electron chi connectivity index (χ3n) is 3.53. The number of para-hydroxylation sites is 1. The van der Waals surface area contributed by atoms with Gasteiger partial charge in [0.25, 0.3) is 5.91 Å². The Kier molecular flexibility index (Phi) is 3.66. The van der Waals surface area contributed by atoms with E-state index in [9.17, 15) is 9.59 Å². The van der Waals surface area contributed by atoms with Crippen LogP contribution in [0.2, 0.25) is 5.02 Å². The van der Waals surface area contributed by atoms with Crippen LogP contribution in [0.15, 0.2) is 35.3 Å². The van der Waals surface area contributed by atoms with Gasteiger partial charge in [0.15, 0.2) is 11.2 Å². The molecule has 0 spiro atoms. The van der Waals surface area contributed by atoms with Gasteiger partial charge in [0.1, 0.15) is 11.7 Å². The van der Waals surface area contributed by atoms with Crippen LogP contribution in [0.4, 0.5) is 5.69 Å². The number of hydrogen-bond acceptors (Lipinski definition) is 3. The van der Waals surface area contributed by atoms with Crippen LogP contribution >= 0.6 is 11.6 Å². The number of H-pyrrole nitrogens is 1. The summed E-state index contributed by atoms with van der Waals surface area (Å²) in [7, 11) is 0. The second kappa shape index (κ2) is 5.50. The second-order valence-corrected chi connectivity index (χ2v) is 5.73. The molecule has 1 aliphatic rings. The quantitative estimate of drug-likeness (QED) is 0.879. The average Bonchev–Trinajstić information content (AvgIpc) is 2.47. The lowest BCUT2D eigenvalue weighted by molar-refractivity contribution is 0.0960. The lowest BCUT2D eigenvalue weighted by atomic mass is 10.1. The maximum atomic E-state index is 12.8. The first-order chi connectivity index (χ1) is 10.5. The van der Waals surface area contributed by atoms with Crippen molar-refractivity contribution < 1.29 is 9.53 Å². The van der Waals surface area contributed by atoms with Gasteiger partial charge in [-0.05, 0) is 26.0 Å². The minimum absolute atomic E-state index is 0.102. The Labute approximate surface area is 132 Å². The van der Waals surface area contributed by atoms with Gasteiger partial charge in [-0.25, -0.2) is 0 Å². The summed E-state index contributed by atoms with van der Waals surface area (Å²) in [5, 5.41) is 0.444. The van der Waals surface area contributed by atoms with E-state index in [0.29, 0.717) is 28.7 Å². The molecule has 0 bridgehead atoms. The summed E-state index contributed by atoms with van der Waals surface area (Å²) in [5.41, 5.74) is 1.09. The van der Waals surface area contributed by atoms with Crippen LogP contribution in [-0.2, 0) is 0 Å². The number of halogens is 1. The summed E-state index contributed by atoms with van der Waals surface area (Å²) < 4.78 is 5.72. The molecule has 1 atom stereocenters. The van der Waals surface area contributed by atoms with Crippen LogP contribution in [-0.4, -0.2) is 23.5 Å². The van der Waals surface area contributed by atoms with Crippen molar-refractivity contribution in [3.63, 3.8) is 0 Å². The Morgan fingerprint density at radius 1 is 1.45 bits per heavy atom. The number of carbonyl (C=O) groups is 1. The zero-order valence-corrected chi connectivity index (χ0v) is 13.0. The van der Waals surface area contributed by atoms with E-state index in [1.54, 1.807) is 25.1 Å². The maximum absolute atomic E-state index is 12.8. The zero-order chi connectivity index (χ0) is 15.9. The molecule has 1 aliphatic heterocycles. The molecule has 6 heteroatoms. The van der Waals surface area contributed by atoms with Crippen molar-refractivity contribution in [2.45, 2.75) is 20.0 Å². The minimum atomic E-state index is -0.361. The van der Waals surface area contributed by atoms with Crippen LogP contribution in [0.5, 0.6) is 5.75 Å². The molecule has 5 nitrogen and oxygen atoms in total. The van der Waals surface area contributed by atoms with Crippen LogP contribution in [0, 0.1) is 6.92 Å². The first-order valence-corrected chi connectivity index (χ1v) is 7.31. The van der Waals surface area contributed by atoms with Crippen molar-refractivity contribution in [2.24, 2.45) is 0 Å². The first-order valence-electron chi connectivity index (χ1n) is 6.93. The first kappa shape index (κ1) is 14.7. The van der Waals surface area contributed by atoms with Crippen LogP contribution in [0.25, 0.3) is 0 Å². The number of carbonyl (C=O) groups excluding carboxylic acids is 1. The molecule has 0 saturated carbocycles. The summed E-state index contributed by atoms with van der Waals surface area (Å²) in [6.45, 7) is 3.98. The largest absolute Gasteiger partial charge is 0.485 e. The number of benzene rings is 1. The highest BCUT2D eigenvalue weighted by atomic mass is 35.5. The molecule has 3 rings (SSSR count). The lowest BCUT2D eigenvalue weighted by Gasteiger charge is -2.33. The number of nitrogens with zero attached hydrogens (tertiary/aromatic N) is 1. The van der Waals surface area contributed by atoms with Crippen molar-refractivity contribution in [1.29, 1.82) is 0 Å². The number of aromatic nitrogens is 1. The molecule has 0 radical (unpaired) electrons. The van der Waals surface area contributed by atoms with Gasteiger partial charge in [-0.2, -0.15) is 0 Å². The monoisotopic (exact) mass is 318 g/mol. The molecule has 1 aromatic carbocycles. The van der Waals surface area contributed by atoms with E-state index in [2.05, 4.69) is 4.98 Å². The topological polar surface area (TPSA) is 62.4 Å². The highest BCUT2D eigenvalue weighted by Crippen LogP contribution is 2.39. The molecule has 0 aliphatic carbocycles. The van der Waals surface area contributed by atoms with Gasteiger partial charge in [0.05, 0.1) is 17.3 Å². The maximum Gasteiger partial charge on any atom is 0.263 e. The molecular formula is C16H15ClN2O3. The molecule has 0 fully saturated rings. The molecule has 114 valence electrons.